The van der Waals surface area contributed by atoms with E-state index in [1.807, 2.05) is 25.7 Å². The average molecular weight is 360 g/mol. The lowest BCUT2D eigenvalue weighted by Crippen LogP contribution is -2.43. The first-order valence-corrected chi connectivity index (χ1v) is 9.03. The molecule has 26 heavy (non-hydrogen) atoms. The van der Waals surface area contributed by atoms with Crippen molar-refractivity contribution in [1.82, 2.24) is 10.2 Å². The molecule has 0 unspecified atom stereocenters. The Balaban J connectivity index is 1.86. The van der Waals surface area contributed by atoms with E-state index in [-0.39, 0.29) is 17.2 Å². The van der Waals surface area contributed by atoms with Gasteiger partial charge in [-0.15, -0.1) is 0 Å². The van der Waals surface area contributed by atoms with Crippen LogP contribution < -0.4 is 10.1 Å². The van der Waals surface area contributed by atoms with Crippen molar-refractivity contribution in [2.75, 3.05) is 19.6 Å². The van der Waals surface area contributed by atoms with Crippen LogP contribution in [0, 0.1) is 11.3 Å². The monoisotopic (exact) mass is 360 g/mol. The summed E-state index contributed by atoms with van der Waals surface area (Å²) in [5.41, 5.74) is 0.132. The molecule has 0 aromatic heterocycles. The second-order valence-electron chi connectivity index (χ2n) is 7.82. The summed E-state index contributed by atoms with van der Waals surface area (Å²) in [4.78, 5) is 37.5. The molecule has 0 spiro atoms. The molecule has 2 rings (SSSR count). The number of hydrogen-bond donors (Lipinski definition) is 1. The molecule has 1 heterocycles. The Hall–Kier alpha value is -2.37. The number of nitrogens with one attached hydrogen (secondary N) is 1. The van der Waals surface area contributed by atoms with Crippen LogP contribution in [-0.4, -0.2) is 42.3 Å². The standard InChI is InChI=1S/C20H28N2O4/c1-14(23)26-17-7-5-6-16(12-17)18(24)22-10-8-15(9-11-22)13-21-19(25)20(2,3)4/h5-7,12,15H,8-11,13H2,1-4H3,(H,21,25). The number of hydrogen-bond acceptors (Lipinski definition) is 4. The quantitative estimate of drug-likeness (QED) is 0.661. The summed E-state index contributed by atoms with van der Waals surface area (Å²) in [6, 6.07) is 6.69. The van der Waals surface area contributed by atoms with E-state index in [0.29, 0.717) is 36.9 Å². The van der Waals surface area contributed by atoms with Crippen molar-refractivity contribution in [2.45, 2.75) is 40.5 Å². The molecule has 6 nitrogen and oxygen atoms in total. The van der Waals surface area contributed by atoms with Gasteiger partial charge in [0, 0.05) is 37.5 Å². The van der Waals surface area contributed by atoms with Gasteiger partial charge in [0.05, 0.1) is 0 Å². The summed E-state index contributed by atoms with van der Waals surface area (Å²) in [5.74, 6) is 0.350. The minimum absolute atomic E-state index is 0.0540. The Kier molecular flexibility index (Phi) is 6.40. The van der Waals surface area contributed by atoms with E-state index in [4.69, 9.17) is 4.74 Å². The van der Waals surface area contributed by atoms with Crippen LogP contribution >= 0.6 is 0 Å². The first-order valence-electron chi connectivity index (χ1n) is 9.03. The van der Waals surface area contributed by atoms with E-state index in [9.17, 15) is 14.4 Å². The van der Waals surface area contributed by atoms with E-state index in [2.05, 4.69) is 5.32 Å². The molecular weight excluding hydrogens is 332 g/mol. The first-order chi connectivity index (χ1) is 12.2. The minimum Gasteiger partial charge on any atom is -0.427 e. The molecule has 0 saturated carbocycles. The number of ether oxygens (including phenoxy) is 1. The van der Waals surface area contributed by atoms with E-state index in [0.717, 1.165) is 12.8 Å². The number of nitrogens with zero attached hydrogens (tertiary/aromatic N) is 1. The van der Waals surface area contributed by atoms with Crippen molar-refractivity contribution in [1.29, 1.82) is 0 Å². The van der Waals surface area contributed by atoms with Crippen molar-refractivity contribution in [3.8, 4) is 5.75 Å². The van der Waals surface area contributed by atoms with Gasteiger partial charge in [0.25, 0.3) is 5.91 Å². The van der Waals surface area contributed by atoms with Crippen molar-refractivity contribution >= 4 is 17.8 Å². The molecule has 1 aliphatic rings. The zero-order valence-corrected chi connectivity index (χ0v) is 16.0. The molecule has 0 aliphatic carbocycles. The van der Waals surface area contributed by atoms with Gasteiger partial charge in [-0.05, 0) is 37.0 Å². The highest BCUT2D eigenvalue weighted by atomic mass is 16.5. The molecule has 1 aliphatic heterocycles. The Morgan fingerprint density at radius 3 is 2.42 bits per heavy atom. The van der Waals surface area contributed by atoms with Crippen LogP contribution in [0.1, 0.15) is 50.9 Å². The number of rotatable bonds is 4. The maximum Gasteiger partial charge on any atom is 0.308 e. The van der Waals surface area contributed by atoms with E-state index < -0.39 is 5.97 Å². The van der Waals surface area contributed by atoms with Crippen LogP contribution in [0.5, 0.6) is 5.75 Å². The normalized spacial score (nSPS) is 15.5. The van der Waals surface area contributed by atoms with Gasteiger partial charge in [0.15, 0.2) is 0 Å². The lowest BCUT2D eigenvalue weighted by molar-refractivity contribution is -0.132. The second kappa shape index (κ2) is 8.34. The SMILES string of the molecule is CC(=O)Oc1cccc(C(=O)N2CCC(CNC(=O)C(C)(C)C)CC2)c1. The van der Waals surface area contributed by atoms with Gasteiger partial charge in [-0.1, -0.05) is 26.8 Å². The van der Waals surface area contributed by atoms with Crippen molar-refractivity contribution in [3.63, 3.8) is 0 Å². The Bertz CT molecular complexity index is 671. The number of benzene rings is 1. The lowest BCUT2D eigenvalue weighted by atomic mass is 9.93. The molecular formula is C20H28N2O4. The highest BCUT2D eigenvalue weighted by molar-refractivity contribution is 5.94. The van der Waals surface area contributed by atoms with Gasteiger partial charge in [-0.25, -0.2) is 0 Å². The molecule has 1 N–H and O–H groups in total. The summed E-state index contributed by atoms with van der Waals surface area (Å²) in [6.07, 6.45) is 1.72. The van der Waals surface area contributed by atoms with Crippen LogP contribution in [0.2, 0.25) is 0 Å². The average Bonchev–Trinajstić information content (AvgIpc) is 2.58. The summed E-state index contributed by atoms with van der Waals surface area (Å²) in [7, 11) is 0. The highest BCUT2D eigenvalue weighted by Gasteiger charge is 2.26. The van der Waals surface area contributed by atoms with Gasteiger partial charge in [0.2, 0.25) is 5.91 Å². The van der Waals surface area contributed by atoms with Gasteiger partial charge in [-0.3, -0.25) is 14.4 Å². The zero-order valence-electron chi connectivity index (χ0n) is 16.0. The third-order valence-electron chi connectivity index (χ3n) is 4.48. The third-order valence-corrected chi connectivity index (χ3v) is 4.48. The van der Waals surface area contributed by atoms with Gasteiger partial charge in [-0.2, -0.15) is 0 Å². The molecule has 0 bridgehead atoms. The third kappa shape index (κ3) is 5.58. The van der Waals surface area contributed by atoms with Gasteiger partial charge in [0.1, 0.15) is 5.75 Å². The zero-order chi connectivity index (χ0) is 19.3. The molecule has 1 aromatic rings. The number of likely N-dealkylation sites (tertiary alicyclic amines) is 1. The van der Waals surface area contributed by atoms with Crippen molar-refractivity contribution < 1.29 is 19.1 Å². The largest absolute Gasteiger partial charge is 0.427 e. The minimum atomic E-state index is -0.410. The van der Waals surface area contributed by atoms with Crippen LogP contribution in [0.15, 0.2) is 24.3 Å². The number of amides is 2. The molecule has 142 valence electrons. The fraction of sp³-hybridized carbons (Fsp3) is 0.550. The van der Waals surface area contributed by atoms with E-state index in [1.165, 1.54) is 6.92 Å². The summed E-state index contributed by atoms with van der Waals surface area (Å²) < 4.78 is 5.04. The molecule has 1 fully saturated rings. The van der Waals surface area contributed by atoms with Crippen LogP contribution in [-0.2, 0) is 9.59 Å². The number of carbonyl (C=O) groups excluding carboxylic acids is 3. The van der Waals surface area contributed by atoms with Crippen LogP contribution in [0.25, 0.3) is 0 Å². The Morgan fingerprint density at radius 1 is 1.19 bits per heavy atom. The lowest BCUT2D eigenvalue weighted by Gasteiger charge is -2.32. The summed E-state index contributed by atoms with van der Waals surface area (Å²) in [5, 5.41) is 3.00. The predicted octanol–water partition coefficient (Wildman–Crippen LogP) is 2.63. The topological polar surface area (TPSA) is 75.7 Å². The number of carbonyl (C=O) groups is 3. The van der Waals surface area contributed by atoms with Crippen LogP contribution in [0.3, 0.4) is 0 Å². The van der Waals surface area contributed by atoms with E-state index in [1.54, 1.807) is 24.3 Å². The number of esters is 1. The Morgan fingerprint density at radius 2 is 1.85 bits per heavy atom. The van der Waals surface area contributed by atoms with Gasteiger partial charge >= 0.3 is 5.97 Å². The first kappa shape index (κ1) is 19.9. The fourth-order valence-electron chi connectivity index (χ4n) is 2.88. The maximum absolute atomic E-state index is 12.7. The highest BCUT2D eigenvalue weighted by Crippen LogP contribution is 2.21. The maximum atomic E-state index is 12.7. The molecule has 6 heteroatoms. The fourth-order valence-corrected chi connectivity index (χ4v) is 2.88. The van der Waals surface area contributed by atoms with E-state index >= 15 is 0 Å². The Labute approximate surface area is 154 Å². The number of piperidine rings is 1. The smallest absolute Gasteiger partial charge is 0.308 e. The summed E-state index contributed by atoms with van der Waals surface area (Å²) >= 11 is 0. The van der Waals surface area contributed by atoms with Crippen molar-refractivity contribution in [2.24, 2.45) is 11.3 Å². The molecule has 0 radical (unpaired) electrons. The predicted molar refractivity (Wildman–Crippen MR) is 98.8 cm³/mol. The van der Waals surface area contributed by atoms with Crippen LogP contribution in [0.4, 0.5) is 0 Å². The molecule has 1 aromatic carbocycles. The van der Waals surface area contributed by atoms with Crippen molar-refractivity contribution in [3.05, 3.63) is 29.8 Å². The van der Waals surface area contributed by atoms with Gasteiger partial charge < -0.3 is 15.0 Å². The summed E-state index contributed by atoms with van der Waals surface area (Å²) in [6.45, 7) is 8.99. The molecule has 0 atom stereocenters. The second-order valence-corrected chi connectivity index (χ2v) is 7.82. The molecule has 1 saturated heterocycles. The molecule has 2 amide bonds.